The number of benzene rings is 1. The van der Waals surface area contributed by atoms with Gasteiger partial charge in [-0.05, 0) is 37.6 Å². The molecule has 2 aromatic rings. The molecule has 2 heterocycles. The van der Waals surface area contributed by atoms with Gasteiger partial charge < -0.3 is 10.1 Å². The van der Waals surface area contributed by atoms with Crippen molar-refractivity contribution < 1.29 is 4.74 Å². The van der Waals surface area contributed by atoms with Gasteiger partial charge in [0.15, 0.2) is 0 Å². The molecule has 0 amide bonds. The smallest absolute Gasteiger partial charge is 0.142 e. The van der Waals surface area contributed by atoms with Gasteiger partial charge in [-0.2, -0.15) is 0 Å². The highest BCUT2D eigenvalue weighted by Crippen LogP contribution is 2.35. The van der Waals surface area contributed by atoms with Crippen LogP contribution in [-0.4, -0.2) is 18.1 Å². The van der Waals surface area contributed by atoms with E-state index in [0.29, 0.717) is 6.04 Å². The lowest BCUT2D eigenvalue weighted by Gasteiger charge is -2.10. The zero-order chi connectivity index (χ0) is 15.4. The van der Waals surface area contributed by atoms with E-state index < -0.39 is 0 Å². The van der Waals surface area contributed by atoms with Crippen molar-refractivity contribution in [1.82, 2.24) is 10.3 Å². The molecule has 0 saturated carbocycles. The van der Waals surface area contributed by atoms with E-state index in [9.17, 15) is 0 Å². The Bertz CT molecular complexity index is 652. The van der Waals surface area contributed by atoms with Crippen molar-refractivity contribution >= 4 is 6.08 Å². The fraction of sp³-hybridized carbons (Fsp3) is 0.316. The molecule has 2 atom stereocenters. The summed E-state index contributed by atoms with van der Waals surface area (Å²) in [5.41, 5.74) is 3.35. The fourth-order valence-corrected chi connectivity index (χ4v) is 2.58. The van der Waals surface area contributed by atoms with E-state index in [-0.39, 0.29) is 6.10 Å². The van der Waals surface area contributed by atoms with Gasteiger partial charge in [0.05, 0.1) is 5.69 Å². The van der Waals surface area contributed by atoms with Crippen LogP contribution in [0.25, 0.3) is 6.08 Å². The van der Waals surface area contributed by atoms with Crippen LogP contribution >= 0.6 is 0 Å². The van der Waals surface area contributed by atoms with Crippen molar-refractivity contribution in [3.05, 3.63) is 65.5 Å². The minimum absolute atomic E-state index is 0.0900. The number of rotatable bonds is 5. The predicted molar refractivity (Wildman–Crippen MR) is 89.9 cm³/mol. The van der Waals surface area contributed by atoms with Gasteiger partial charge in [0.1, 0.15) is 11.9 Å². The van der Waals surface area contributed by atoms with Crippen LogP contribution in [0.4, 0.5) is 0 Å². The number of hydrogen-bond acceptors (Lipinski definition) is 3. The van der Waals surface area contributed by atoms with E-state index in [2.05, 4.69) is 47.6 Å². The molecule has 0 saturated heterocycles. The van der Waals surface area contributed by atoms with Crippen LogP contribution in [0.5, 0.6) is 5.75 Å². The van der Waals surface area contributed by atoms with E-state index in [1.165, 1.54) is 5.56 Å². The molecule has 0 fully saturated rings. The lowest BCUT2D eigenvalue weighted by atomic mass is 10.1. The lowest BCUT2D eigenvalue weighted by Crippen LogP contribution is -2.19. The van der Waals surface area contributed by atoms with Crippen molar-refractivity contribution in [2.75, 3.05) is 7.05 Å². The summed E-state index contributed by atoms with van der Waals surface area (Å²) < 4.78 is 6.07. The normalized spacial score (nSPS) is 18.2. The van der Waals surface area contributed by atoms with E-state index in [1.807, 2.05) is 31.4 Å². The topological polar surface area (TPSA) is 34.2 Å². The first kappa shape index (κ1) is 14.8. The maximum Gasteiger partial charge on any atom is 0.142 e. The average Bonchev–Trinajstić information content (AvgIpc) is 2.99. The molecule has 3 nitrogen and oxygen atoms in total. The van der Waals surface area contributed by atoms with Gasteiger partial charge in [-0.3, -0.25) is 4.98 Å². The second-order valence-electron chi connectivity index (χ2n) is 5.76. The highest BCUT2D eigenvalue weighted by atomic mass is 16.5. The third-order valence-electron chi connectivity index (χ3n) is 4.06. The quantitative estimate of drug-likeness (QED) is 0.911. The molecule has 0 radical (unpaired) electrons. The molecule has 0 spiro atoms. The molecule has 2 unspecified atom stereocenters. The summed E-state index contributed by atoms with van der Waals surface area (Å²) >= 11 is 0. The van der Waals surface area contributed by atoms with Crippen LogP contribution in [0.15, 0.2) is 48.7 Å². The fourth-order valence-electron chi connectivity index (χ4n) is 2.58. The summed E-state index contributed by atoms with van der Waals surface area (Å²) in [7, 11) is 1.98. The van der Waals surface area contributed by atoms with Crippen molar-refractivity contribution in [1.29, 1.82) is 0 Å². The van der Waals surface area contributed by atoms with E-state index in [0.717, 1.165) is 29.8 Å². The number of ether oxygens (including phenoxy) is 1. The van der Waals surface area contributed by atoms with E-state index in [1.54, 1.807) is 0 Å². The maximum atomic E-state index is 6.07. The van der Waals surface area contributed by atoms with Crippen molar-refractivity contribution in [3.63, 3.8) is 0 Å². The van der Waals surface area contributed by atoms with Crippen LogP contribution in [0.3, 0.4) is 0 Å². The zero-order valence-electron chi connectivity index (χ0n) is 13.1. The highest BCUT2D eigenvalue weighted by molar-refractivity contribution is 5.52. The Labute approximate surface area is 132 Å². The second-order valence-corrected chi connectivity index (χ2v) is 5.76. The van der Waals surface area contributed by atoms with Gasteiger partial charge in [-0.15, -0.1) is 0 Å². The molecule has 3 heteroatoms. The Morgan fingerprint density at radius 1 is 1.36 bits per heavy atom. The largest absolute Gasteiger partial charge is 0.483 e. The highest BCUT2D eigenvalue weighted by Gasteiger charge is 2.25. The molecule has 1 aliphatic rings. The first-order valence-corrected chi connectivity index (χ1v) is 7.80. The third kappa shape index (κ3) is 3.37. The van der Waals surface area contributed by atoms with Gasteiger partial charge in [-0.25, -0.2) is 0 Å². The van der Waals surface area contributed by atoms with Gasteiger partial charge in [0.2, 0.25) is 0 Å². The monoisotopic (exact) mass is 294 g/mol. The van der Waals surface area contributed by atoms with E-state index >= 15 is 0 Å². The summed E-state index contributed by atoms with van der Waals surface area (Å²) in [6.07, 6.45) is 8.15. The summed E-state index contributed by atoms with van der Waals surface area (Å²) in [6, 6.07) is 12.9. The number of nitrogens with zero attached hydrogens (tertiary/aromatic N) is 1. The number of fused-ring (bicyclic) bond motifs is 1. The number of pyridine rings is 1. The molecule has 1 aromatic heterocycles. The van der Waals surface area contributed by atoms with Crippen molar-refractivity contribution in [3.8, 4) is 5.75 Å². The van der Waals surface area contributed by atoms with Crippen LogP contribution in [0.1, 0.15) is 36.3 Å². The number of nitrogens with one attached hydrogen (secondary N) is 1. The Morgan fingerprint density at radius 3 is 2.95 bits per heavy atom. The molecule has 1 aliphatic heterocycles. The minimum atomic E-state index is 0.0900. The molecule has 22 heavy (non-hydrogen) atoms. The van der Waals surface area contributed by atoms with Crippen LogP contribution in [0.2, 0.25) is 0 Å². The molecule has 1 aromatic carbocycles. The molecule has 1 N–H and O–H groups in total. The Morgan fingerprint density at radius 2 is 2.18 bits per heavy atom. The number of hydrogen-bond donors (Lipinski definition) is 1. The van der Waals surface area contributed by atoms with Crippen molar-refractivity contribution in [2.45, 2.75) is 31.9 Å². The standard InChI is InChI=1S/C19H22N2O/c1-14(20-2)7-6-8-15-11-19-17(21-13-15)12-18(22-19)16-9-4-3-5-10-16/h3-6,8-11,13-14,18,20H,7,12H2,1-2H3. The second kappa shape index (κ2) is 6.75. The molecule has 114 valence electrons. The summed E-state index contributed by atoms with van der Waals surface area (Å²) in [5.74, 6) is 0.915. The average molecular weight is 294 g/mol. The predicted octanol–water partition coefficient (Wildman–Crippen LogP) is 3.77. The summed E-state index contributed by atoms with van der Waals surface area (Å²) in [6.45, 7) is 2.17. The van der Waals surface area contributed by atoms with Crippen molar-refractivity contribution in [2.24, 2.45) is 0 Å². The van der Waals surface area contributed by atoms with E-state index in [4.69, 9.17) is 4.74 Å². The maximum absolute atomic E-state index is 6.07. The number of aromatic nitrogens is 1. The third-order valence-corrected chi connectivity index (χ3v) is 4.06. The molecule has 0 aliphatic carbocycles. The molecular formula is C19H22N2O. The first-order valence-electron chi connectivity index (χ1n) is 7.80. The lowest BCUT2D eigenvalue weighted by molar-refractivity contribution is 0.238. The van der Waals surface area contributed by atoms with Crippen LogP contribution in [0, 0.1) is 0 Å². The Hall–Kier alpha value is -2.13. The van der Waals surface area contributed by atoms with Gasteiger partial charge in [0, 0.05) is 18.7 Å². The van der Waals surface area contributed by atoms with Crippen LogP contribution in [-0.2, 0) is 6.42 Å². The Kier molecular flexibility index (Phi) is 4.54. The van der Waals surface area contributed by atoms with Crippen LogP contribution < -0.4 is 10.1 Å². The Balaban J connectivity index is 1.69. The van der Waals surface area contributed by atoms with Gasteiger partial charge in [-0.1, -0.05) is 42.5 Å². The zero-order valence-corrected chi connectivity index (χ0v) is 13.1. The SMILES string of the molecule is CNC(C)CC=Cc1cnc2c(c1)OC(c1ccccc1)C2. The molecule has 0 bridgehead atoms. The molecule has 3 rings (SSSR count). The first-order chi connectivity index (χ1) is 10.8. The van der Waals surface area contributed by atoms with Gasteiger partial charge >= 0.3 is 0 Å². The molecular weight excluding hydrogens is 272 g/mol. The summed E-state index contributed by atoms with van der Waals surface area (Å²) in [4.78, 5) is 4.56. The van der Waals surface area contributed by atoms with Gasteiger partial charge in [0.25, 0.3) is 0 Å². The minimum Gasteiger partial charge on any atom is -0.483 e. The summed E-state index contributed by atoms with van der Waals surface area (Å²) in [5, 5.41) is 3.23.